The van der Waals surface area contributed by atoms with Gasteiger partial charge in [-0.2, -0.15) is 5.10 Å². The standard InChI is InChI=1S/C29H22N4O10/c1-30-9-15(35)33-31-8-12-6-11-5-10-3-4-29(21(10)25(39)16(11)28(42)32-12)26(40)19-20(27(29)41)24(38)18-17(23(19)37)13(34)7-14(43-2)22(18)36/h5-8,30,37-39H,3-4,9H2,1-2H3,(H,32,42)(H,33,35)/b31-8+. The molecular formula is C29H22N4O10. The van der Waals surface area contributed by atoms with Gasteiger partial charge in [-0.05, 0) is 36.9 Å². The van der Waals surface area contributed by atoms with E-state index in [1.807, 2.05) is 0 Å². The number of phenolic OH excluding ortho intramolecular Hbond substituents is 3. The molecule has 14 heteroatoms. The van der Waals surface area contributed by atoms with Gasteiger partial charge in [0.15, 0.2) is 23.1 Å². The number of allylic oxidation sites excluding steroid dienone is 2. The number of amides is 1. The Kier molecular flexibility index (Phi) is 6.05. The third kappa shape index (κ3) is 3.59. The molecule has 1 aromatic heterocycles. The SMILES string of the molecule is CNCC(=O)N/N=C/c1cc2cc3c(c(O)c2c(=O)[nH]1)C1(CC3)C(=O)c2c(O)c3c(c(O)c2C1=O)C(=O)C(OC)=CC3=O. The number of benzene rings is 2. The molecule has 1 spiro atoms. The average molecular weight is 587 g/mol. The fourth-order valence-electron chi connectivity index (χ4n) is 6.20. The minimum atomic E-state index is -2.14. The van der Waals surface area contributed by atoms with Crippen LogP contribution in [0.1, 0.15) is 64.7 Å². The molecule has 3 aliphatic carbocycles. The molecular weight excluding hydrogens is 564 g/mol. The van der Waals surface area contributed by atoms with E-state index in [1.165, 1.54) is 18.3 Å². The number of hydrazone groups is 1. The summed E-state index contributed by atoms with van der Waals surface area (Å²) in [6.07, 6.45) is 1.91. The first-order chi connectivity index (χ1) is 20.5. The number of H-pyrrole nitrogens is 1. The number of methoxy groups -OCH3 is 1. The number of fused-ring (bicyclic) bond motifs is 5. The molecule has 1 unspecified atom stereocenters. The van der Waals surface area contributed by atoms with Crippen LogP contribution in [0.4, 0.5) is 0 Å². The number of carbonyl (C=O) groups is 5. The summed E-state index contributed by atoms with van der Waals surface area (Å²) < 4.78 is 4.90. The summed E-state index contributed by atoms with van der Waals surface area (Å²) in [6.45, 7) is 0.0184. The van der Waals surface area contributed by atoms with Crippen LogP contribution in [-0.2, 0) is 21.4 Å². The summed E-state index contributed by atoms with van der Waals surface area (Å²) in [7, 11) is 2.71. The first-order valence-corrected chi connectivity index (χ1v) is 12.9. The molecule has 218 valence electrons. The average Bonchev–Trinajstić information content (AvgIpc) is 3.45. The van der Waals surface area contributed by atoms with E-state index in [-0.39, 0.29) is 41.4 Å². The quantitative estimate of drug-likeness (QED) is 0.104. The Morgan fingerprint density at radius 2 is 1.70 bits per heavy atom. The van der Waals surface area contributed by atoms with Crippen LogP contribution in [0.2, 0.25) is 0 Å². The van der Waals surface area contributed by atoms with Crippen molar-refractivity contribution in [1.29, 1.82) is 0 Å². The molecule has 1 atom stereocenters. The molecule has 0 saturated heterocycles. The molecule has 3 aliphatic rings. The van der Waals surface area contributed by atoms with Crippen molar-refractivity contribution in [1.82, 2.24) is 15.7 Å². The van der Waals surface area contributed by atoms with E-state index in [1.54, 1.807) is 7.05 Å². The molecule has 2 aromatic carbocycles. The minimum Gasteiger partial charge on any atom is -0.507 e. The predicted molar refractivity (Wildman–Crippen MR) is 148 cm³/mol. The molecule has 0 aliphatic heterocycles. The highest BCUT2D eigenvalue weighted by Gasteiger charge is 2.61. The Labute approximate surface area is 240 Å². The van der Waals surface area contributed by atoms with Gasteiger partial charge in [0.25, 0.3) is 11.5 Å². The summed E-state index contributed by atoms with van der Waals surface area (Å²) in [5.74, 6) is -7.28. The van der Waals surface area contributed by atoms with Crippen LogP contribution >= 0.6 is 0 Å². The van der Waals surface area contributed by atoms with Crippen molar-refractivity contribution in [2.24, 2.45) is 5.10 Å². The van der Waals surface area contributed by atoms with Gasteiger partial charge >= 0.3 is 0 Å². The lowest BCUT2D eigenvalue weighted by atomic mass is 9.76. The largest absolute Gasteiger partial charge is 0.507 e. The number of aromatic amines is 1. The summed E-state index contributed by atoms with van der Waals surface area (Å²) >= 11 is 0. The molecule has 3 aromatic rings. The van der Waals surface area contributed by atoms with Crippen molar-refractivity contribution < 1.29 is 44.0 Å². The van der Waals surface area contributed by atoms with Crippen LogP contribution in [0.5, 0.6) is 17.2 Å². The van der Waals surface area contributed by atoms with Gasteiger partial charge in [-0.1, -0.05) is 6.07 Å². The molecule has 6 N–H and O–H groups in total. The Morgan fingerprint density at radius 1 is 1.02 bits per heavy atom. The molecule has 1 heterocycles. The molecule has 0 bridgehead atoms. The Bertz CT molecular complexity index is 2000. The summed E-state index contributed by atoms with van der Waals surface area (Å²) in [4.78, 5) is 81.0. The molecule has 6 rings (SSSR count). The highest BCUT2D eigenvalue weighted by Crippen LogP contribution is 2.57. The highest BCUT2D eigenvalue weighted by atomic mass is 16.5. The first-order valence-electron chi connectivity index (χ1n) is 12.9. The van der Waals surface area contributed by atoms with Crippen molar-refractivity contribution in [2.75, 3.05) is 20.7 Å². The van der Waals surface area contributed by atoms with Crippen molar-refractivity contribution in [3.05, 3.63) is 73.4 Å². The fourth-order valence-corrected chi connectivity index (χ4v) is 6.20. The maximum absolute atomic E-state index is 14.1. The van der Waals surface area contributed by atoms with Crippen molar-refractivity contribution in [3.8, 4) is 17.2 Å². The number of nitrogens with one attached hydrogen (secondary N) is 3. The first kappa shape index (κ1) is 27.5. The molecule has 1 amide bonds. The second-order valence-corrected chi connectivity index (χ2v) is 10.3. The molecule has 43 heavy (non-hydrogen) atoms. The number of ketones is 4. The van der Waals surface area contributed by atoms with Gasteiger partial charge in [0, 0.05) is 11.6 Å². The fraction of sp³-hybridized carbons (Fsp3) is 0.207. The smallest absolute Gasteiger partial charge is 0.260 e. The monoisotopic (exact) mass is 586 g/mol. The minimum absolute atomic E-state index is 0.0184. The number of nitrogens with zero attached hydrogens (tertiary/aromatic N) is 1. The van der Waals surface area contributed by atoms with Gasteiger partial charge in [-0.15, -0.1) is 0 Å². The van der Waals surface area contributed by atoms with Crippen LogP contribution in [0.25, 0.3) is 10.8 Å². The maximum atomic E-state index is 14.1. The number of Topliss-reactive ketones (excluding diaryl/α,β-unsaturated/α-hetero) is 3. The highest BCUT2D eigenvalue weighted by molar-refractivity contribution is 6.38. The number of hydrogen-bond donors (Lipinski definition) is 6. The van der Waals surface area contributed by atoms with E-state index in [0.29, 0.717) is 5.56 Å². The van der Waals surface area contributed by atoms with E-state index < -0.39 is 85.3 Å². The van der Waals surface area contributed by atoms with E-state index in [9.17, 15) is 44.1 Å². The third-order valence-electron chi connectivity index (χ3n) is 7.99. The number of pyridine rings is 1. The lowest BCUT2D eigenvalue weighted by Gasteiger charge is -2.22. The second kappa shape index (κ2) is 9.46. The number of aromatic nitrogens is 1. The van der Waals surface area contributed by atoms with Crippen LogP contribution in [0.3, 0.4) is 0 Å². The zero-order valence-electron chi connectivity index (χ0n) is 22.6. The van der Waals surface area contributed by atoms with Crippen LogP contribution in [-0.4, -0.2) is 76.3 Å². The summed E-state index contributed by atoms with van der Waals surface area (Å²) in [5.41, 5.74) is -2.89. The van der Waals surface area contributed by atoms with Gasteiger partial charge in [0.2, 0.25) is 5.78 Å². The van der Waals surface area contributed by atoms with Gasteiger partial charge in [0.1, 0.15) is 22.7 Å². The van der Waals surface area contributed by atoms with Gasteiger partial charge in [0.05, 0.1) is 53.2 Å². The predicted octanol–water partition coefficient (Wildman–Crippen LogP) is 0.487. The van der Waals surface area contributed by atoms with E-state index in [4.69, 9.17) is 4.74 Å². The number of likely N-dealkylation sites (N-methyl/N-ethyl adjacent to an activating group) is 1. The normalized spacial score (nSPS) is 18.8. The molecule has 0 saturated carbocycles. The lowest BCUT2D eigenvalue weighted by Crippen LogP contribution is -2.36. The van der Waals surface area contributed by atoms with Crippen molar-refractivity contribution in [3.63, 3.8) is 0 Å². The zero-order valence-corrected chi connectivity index (χ0v) is 22.6. The summed E-state index contributed by atoms with van der Waals surface area (Å²) in [5, 5.41) is 40.0. The Balaban J connectivity index is 1.50. The van der Waals surface area contributed by atoms with Crippen LogP contribution in [0.15, 0.2) is 33.9 Å². The second-order valence-electron chi connectivity index (χ2n) is 10.3. The Hall–Kier alpha value is -5.63. The van der Waals surface area contributed by atoms with Crippen LogP contribution < -0.4 is 16.3 Å². The number of ether oxygens (including phenoxy) is 1. The lowest BCUT2D eigenvalue weighted by molar-refractivity contribution is -0.120. The number of rotatable bonds is 5. The number of carbonyl (C=O) groups excluding carboxylic acids is 5. The number of aryl methyl sites for hydroxylation is 1. The van der Waals surface area contributed by atoms with Gasteiger partial charge in [-0.25, -0.2) is 5.43 Å². The van der Waals surface area contributed by atoms with Gasteiger partial charge in [-0.3, -0.25) is 28.8 Å². The molecule has 0 fully saturated rings. The van der Waals surface area contributed by atoms with E-state index >= 15 is 0 Å². The third-order valence-corrected chi connectivity index (χ3v) is 7.99. The maximum Gasteiger partial charge on any atom is 0.260 e. The number of hydrogen-bond acceptors (Lipinski definition) is 12. The van der Waals surface area contributed by atoms with E-state index in [0.717, 1.165) is 13.2 Å². The molecule has 0 radical (unpaired) electrons. The van der Waals surface area contributed by atoms with Crippen molar-refractivity contribution in [2.45, 2.75) is 18.3 Å². The number of phenols is 3. The van der Waals surface area contributed by atoms with E-state index in [2.05, 4.69) is 20.8 Å². The summed E-state index contributed by atoms with van der Waals surface area (Å²) in [6, 6.07) is 3.01. The molecule has 14 nitrogen and oxygen atoms in total. The number of aromatic hydroxyl groups is 3. The van der Waals surface area contributed by atoms with Crippen LogP contribution in [0, 0.1) is 0 Å². The van der Waals surface area contributed by atoms with Gasteiger partial charge < -0.3 is 30.4 Å². The Morgan fingerprint density at radius 3 is 2.35 bits per heavy atom. The van der Waals surface area contributed by atoms with Crippen molar-refractivity contribution >= 4 is 46.0 Å². The topological polar surface area (TPSA) is 225 Å². The zero-order chi connectivity index (χ0) is 31.0.